The summed E-state index contributed by atoms with van der Waals surface area (Å²) in [6.45, 7) is 1.64. The molecule has 0 spiro atoms. The first-order chi connectivity index (χ1) is 11.5. The van der Waals surface area contributed by atoms with E-state index in [0.717, 1.165) is 5.39 Å². The Morgan fingerprint density at radius 1 is 1.17 bits per heavy atom. The molecule has 0 aliphatic carbocycles. The number of amides is 1. The van der Waals surface area contributed by atoms with E-state index in [2.05, 4.69) is 5.32 Å². The van der Waals surface area contributed by atoms with Crippen LogP contribution in [0.25, 0.3) is 11.0 Å². The average molecular weight is 325 g/mol. The summed E-state index contributed by atoms with van der Waals surface area (Å²) < 4.78 is 10.7. The Kier molecular flexibility index (Phi) is 3.95. The van der Waals surface area contributed by atoms with Gasteiger partial charge in [-0.25, -0.2) is 4.79 Å². The molecule has 24 heavy (non-hydrogen) atoms. The van der Waals surface area contributed by atoms with Crippen molar-refractivity contribution in [1.82, 2.24) is 0 Å². The Hall–Kier alpha value is -3.28. The van der Waals surface area contributed by atoms with Gasteiger partial charge in [0.15, 0.2) is 5.76 Å². The number of furan rings is 1. The van der Waals surface area contributed by atoms with Gasteiger partial charge in [-0.1, -0.05) is 6.07 Å². The highest BCUT2D eigenvalue weighted by molar-refractivity contribution is 6.05. The standard InChI is InChI=1S/C18H15NO5/c1-10-13(18(21)22)4-3-5-14(10)19-17(20)16-9-11-8-12(23-2)6-7-15(11)24-16/h3-9H,1-2H3,(H,19,20)(H,21,22). The number of nitrogens with one attached hydrogen (secondary N) is 1. The molecule has 0 saturated carbocycles. The quantitative estimate of drug-likeness (QED) is 0.763. The minimum absolute atomic E-state index is 0.137. The minimum atomic E-state index is -1.04. The molecule has 0 aliphatic heterocycles. The van der Waals surface area contributed by atoms with Crippen molar-refractivity contribution >= 4 is 28.5 Å². The zero-order chi connectivity index (χ0) is 17.3. The van der Waals surface area contributed by atoms with E-state index in [1.54, 1.807) is 50.4 Å². The first kappa shape index (κ1) is 15.6. The first-order valence-corrected chi connectivity index (χ1v) is 7.21. The van der Waals surface area contributed by atoms with E-state index in [-0.39, 0.29) is 11.3 Å². The second kappa shape index (κ2) is 6.08. The Labute approximate surface area is 137 Å². The van der Waals surface area contributed by atoms with E-state index in [0.29, 0.717) is 22.6 Å². The number of methoxy groups -OCH3 is 1. The molecule has 0 bridgehead atoms. The van der Waals surface area contributed by atoms with Gasteiger partial charge in [0.25, 0.3) is 5.91 Å². The number of rotatable bonds is 4. The fraction of sp³-hybridized carbons (Fsp3) is 0.111. The van der Waals surface area contributed by atoms with Crippen LogP contribution in [0.4, 0.5) is 5.69 Å². The van der Waals surface area contributed by atoms with Gasteiger partial charge in [-0.05, 0) is 48.9 Å². The van der Waals surface area contributed by atoms with Crippen molar-refractivity contribution in [3.63, 3.8) is 0 Å². The van der Waals surface area contributed by atoms with Crippen LogP contribution in [0.15, 0.2) is 46.9 Å². The lowest BCUT2D eigenvalue weighted by atomic mass is 10.1. The van der Waals surface area contributed by atoms with Crippen LogP contribution < -0.4 is 10.1 Å². The summed E-state index contributed by atoms with van der Waals surface area (Å²) in [6, 6.07) is 11.6. The predicted molar refractivity (Wildman–Crippen MR) is 88.9 cm³/mol. The van der Waals surface area contributed by atoms with Crippen molar-refractivity contribution in [2.24, 2.45) is 0 Å². The first-order valence-electron chi connectivity index (χ1n) is 7.21. The molecule has 2 N–H and O–H groups in total. The lowest BCUT2D eigenvalue weighted by Crippen LogP contribution is -2.13. The molecule has 0 saturated heterocycles. The van der Waals surface area contributed by atoms with E-state index in [9.17, 15) is 9.59 Å². The lowest BCUT2D eigenvalue weighted by Gasteiger charge is -2.09. The molecule has 3 rings (SSSR count). The third-order valence-electron chi connectivity index (χ3n) is 3.76. The average Bonchev–Trinajstić information content (AvgIpc) is 2.99. The van der Waals surface area contributed by atoms with Crippen LogP contribution >= 0.6 is 0 Å². The number of hydrogen-bond donors (Lipinski definition) is 2. The normalized spacial score (nSPS) is 10.6. The second-order valence-electron chi connectivity index (χ2n) is 5.25. The second-order valence-corrected chi connectivity index (χ2v) is 5.25. The molecule has 6 nitrogen and oxygen atoms in total. The number of carbonyl (C=O) groups is 2. The third-order valence-corrected chi connectivity index (χ3v) is 3.76. The van der Waals surface area contributed by atoms with E-state index in [4.69, 9.17) is 14.3 Å². The van der Waals surface area contributed by atoms with Gasteiger partial charge in [0.05, 0.1) is 12.7 Å². The monoisotopic (exact) mass is 325 g/mol. The number of carbonyl (C=O) groups excluding carboxylic acids is 1. The van der Waals surface area contributed by atoms with Gasteiger partial charge in [-0.3, -0.25) is 4.79 Å². The van der Waals surface area contributed by atoms with Crippen molar-refractivity contribution < 1.29 is 23.8 Å². The number of hydrogen-bond acceptors (Lipinski definition) is 4. The summed E-state index contributed by atoms with van der Waals surface area (Å²) in [5.41, 5.74) is 1.62. The van der Waals surface area contributed by atoms with Crippen LogP contribution in [-0.4, -0.2) is 24.1 Å². The van der Waals surface area contributed by atoms with Crippen molar-refractivity contribution in [2.75, 3.05) is 12.4 Å². The number of ether oxygens (including phenoxy) is 1. The number of anilines is 1. The van der Waals surface area contributed by atoms with Gasteiger partial charge in [0.1, 0.15) is 11.3 Å². The van der Waals surface area contributed by atoms with Crippen LogP contribution in [0, 0.1) is 6.92 Å². The third kappa shape index (κ3) is 2.81. The molecule has 0 aliphatic rings. The molecule has 3 aromatic rings. The van der Waals surface area contributed by atoms with Gasteiger partial charge in [-0.15, -0.1) is 0 Å². The molecule has 1 aromatic heterocycles. The summed E-state index contributed by atoms with van der Waals surface area (Å²) in [6.07, 6.45) is 0. The number of aromatic carboxylic acids is 1. The van der Waals surface area contributed by atoms with Gasteiger partial charge in [0.2, 0.25) is 0 Å². The SMILES string of the molecule is COc1ccc2oc(C(=O)Nc3cccc(C(=O)O)c3C)cc2c1. The smallest absolute Gasteiger partial charge is 0.336 e. The highest BCUT2D eigenvalue weighted by Gasteiger charge is 2.16. The summed E-state index contributed by atoms with van der Waals surface area (Å²) >= 11 is 0. The highest BCUT2D eigenvalue weighted by Crippen LogP contribution is 2.25. The molecule has 6 heteroatoms. The zero-order valence-electron chi connectivity index (χ0n) is 13.1. The van der Waals surface area contributed by atoms with Crippen molar-refractivity contribution in [3.8, 4) is 5.75 Å². The molecular weight excluding hydrogens is 310 g/mol. The van der Waals surface area contributed by atoms with Crippen LogP contribution in [0.3, 0.4) is 0 Å². The molecule has 0 radical (unpaired) electrons. The van der Waals surface area contributed by atoms with E-state index in [1.807, 2.05) is 0 Å². The maximum absolute atomic E-state index is 12.4. The fourth-order valence-corrected chi connectivity index (χ4v) is 2.45. The summed E-state index contributed by atoms with van der Waals surface area (Å²) in [5.74, 6) is -0.686. The van der Waals surface area contributed by atoms with Gasteiger partial charge >= 0.3 is 5.97 Å². The van der Waals surface area contributed by atoms with E-state index < -0.39 is 11.9 Å². The Bertz CT molecular complexity index is 942. The predicted octanol–water partition coefficient (Wildman–Crippen LogP) is 3.70. The maximum Gasteiger partial charge on any atom is 0.336 e. The molecular formula is C18H15NO5. The Morgan fingerprint density at radius 3 is 2.67 bits per heavy atom. The van der Waals surface area contributed by atoms with Gasteiger partial charge < -0.3 is 19.6 Å². The lowest BCUT2D eigenvalue weighted by molar-refractivity contribution is 0.0695. The Balaban J connectivity index is 1.90. The van der Waals surface area contributed by atoms with Crippen LogP contribution in [0.2, 0.25) is 0 Å². The number of carboxylic acid groups (broad SMARTS) is 1. The van der Waals surface area contributed by atoms with Gasteiger partial charge in [0, 0.05) is 11.1 Å². The summed E-state index contributed by atoms with van der Waals surface area (Å²) in [7, 11) is 1.56. The number of benzene rings is 2. The highest BCUT2D eigenvalue weighted by atomic mass is 16.5. The van der Waals surface area contributed by atoms with Crippen LogP contribution in [-0.2, 0) is 0 Å². The zero-order valence-corrected chi connectivity index (χ0v) is 13.1. The van der Waals surface area contributed by atoms with Crippen LogP contribution in [0.5, 0.6) is 5.75 Å². The van der Waals surface area contributed by atoms with Crippen molar-refractivity contribution in [2.45, 2.75) is 6.92 Å². The molecule has 1 amide bonds. The summed E-state index contributed by atoms with van der Waals surface area (Å²) in [4.78, 5) is 23.6. The van der Waals surface area contributed by atoms with E-state index in [1.165, 1.54) is 6.07 Å². The van der Waals surface area contributed by atoms with Crippen molar-refractivity contribution in [3.05, 3.63) is 59.4 Å². The number of carboxylic acids is 1. The Morgan fingerprint density at radius 2 is 1.96 bits per heavy atom. The molecule has 0 atom stereocenters. The largest absolute Gasteiger partial charge is 0.497 e. The molecule has 0 fully saturated rings. The van der Waals surface area contributed by atoms with Crippen LogP contribution in [0.1, 0.15) is 26.5 Å². The number of fused-ring (bicyclic) bond motifs is 1. The molecule has 2 aromatic carbocycles. The van der Waals surface area contributed by atoms with Crippen molar-refractivity contribution in [1.29, 1.82) is 0 Å². The topological polar surface area (TPSA) is 88.8 Å². The summed E-state index contributed by atoms with van der Waals surface area (Å²) in [5, 5.41) is 12.6. The van der Waals surface area contributed by atoms with Gasteiger partial charge in [-0.2, -0.15) is 0 Å². The molecule has 122 valence electrons. The van der Waals surface area contributed by atoms with E-state index >= 15 is 0 Å². The molecule has 0 unspecified atom stereocenters. The fourth-order valence-electron chi connectivity index (χ4n) is 2.45. The molecule has 1 heterocycles. The minimum Gasteiger partial charge on any atom is -0.497 e. The maximum atomic E-state index is 12.4.